The monoisotopic (exact) mass is 719 g/mol. The normalized spacial score (nSPS) is 12.5. The van der Waals surface area contributed by atoms with Crippen LogP contribution in [0.25, 0.3) is 0 Å². The molecule has 2 atom stereocenters. The number of alkyl halides is 2. The van der Waals surface area contributed by atoms with Gasteiger partial charge < -0.3 is 15.2 Å². The molecular formula is C32H31BrCl2N2O6P+. The van der Waals surface area contributed by atoms with Crippen molar-refractivity contribution in [2.45, 2.75) is 23.4 Å². The minimum atomic E-state index is -2.28. The van der Waals surface area contributed by atoms with E-state index in [0.29, 0.717) is 6.16 Å². The van der Waals surface area contributed by atoms with Crippen molar-refractivity contribution in [3.05, 3.63) is 131 Å². The van der Waals surface area contributed by atoms with Crippen LogP contribution in [0.5, 0.6) is 0 Å². The molecule has 44 heavy (non-hydrogen) atoms. The fourth-order valence-electron chi connectivity index (χ4n) is 4.88. The lowest BCUT2D eigenvalue weighted by molar-refractivity contribution is -0.384. The van der Waals surface area contributed by atoms with Gasteiger partial charge >= 0.3 is 5.97 Å². The van der Waals surface area contributed by atoms with Crippen LogP contribution in [0, 0.1) is 10.1 Å². The number of ether oxygens (including phenoxy) is 1. The fourth-order valence-corrected chi connectivity index (χ4v) is 9.24. The summed E-state index contributed by atoms with van der Waals surface area (Å²) in [4.78, 5) is 34.6. The molecule has 0 unspecified atom stereocenters. The molecule has 0 saturated carbocycles. The van der Waals surface area contributed by atoms with Gasteiger partial charge in [-0.3, -0.25) is 19.7 Å². The number of aliphatic hydroxyl groups is 1. The summed E-state index contributed by atoms with van der Waals surface area (Å²) in [5, 5.41) is 27.9. The molecule has 4 aromatic rings. The van der Waals surface area contributed by atoms with Gasteiger partial charge in [-0.1, -0.05) is 77.8 Å². The molecule has 8 nitrogen and oxygen atoms in total. The Balaban J connectivity index is 0.00000529. The Morgan fingerprint density at radius 3 is 1.68 bits per heavy atom. The number of benzene rings is 4. The van der Waals surface area contributed by atoms with Gasteiger partial charge in [0.25, 0.3) is 11.6 Å². The zero-order chi connectivity index (χ0) is 30.8. The molecule has 0 aromatic heterocycles. The zero-order valence-corrected chi connectivity index (χ0v) is 27.5. The lowest BCUT2D eigenvalue weighted by Gasteiger charge is -2.28. The van der Waals surface area contributed by atoms with Gasteiger partial charge in [0.1, 0.15) is 35.9 Å². The SMILES string of the molecule is Br.O=C(CC[P+](c1ccccc1)(c1ccccc1)c1ccccc1)OC[C@H](NC(=O)C(Cl)Cl)[C@H](O)c1ccc([N+](=O)[O-])cc1. The molecule has 12 heteroatoms. The summed E-state index contributed by atoms with van der Waals surface area (Å²) < 4.78 is 5.60. The van der Waals surface area contributed by atoms with E-state index in [9.17, 15) is 24.8 Å². The van der Waals surface area contributed by atoms with E-state index in [1.807, 2.05) is 54.6 Å². The van der Waals surface area contributed by atoms with Gasteiger partial charge in [-0.2, -0.15) is 0 Å². The van der Waals surface area contributed by atoms with Gasteiger partial charge in [0.2, 0.25) is 0 Å². The van der Waals surface area contributed by atoms with Gasteiger partial charge in [-0.25, -0.2) is 0 Å². The average Bonchev–Trinajstić information content (AvgIpc) is 3.04. The third-order valence-corrected chi connectivity index (χ3v) is 11.8. The molecule has 0 saturated heterocycles. The Kier molecular flexibility index (Phi) is 13.3. The Morgan fingerprint density at radius 2 is 1.27 bits per heavy atom. The first kappa shape index (κ1) is 35.2. The van der Waals surface area contributed by atoms with Crippen LogP contribution in [-0.4, -0.2) is 45.6 Å². The van der Waals surface area contributed by atoms with Crippen molar-refractivity contribution in [3.8, 4) is 0 Å². The van der Waals surface area contributed by atoms with E-state index in [4.69, 9.17) is 27.9 Å². The van der Waals surface area contributed by atoms with Crippen LogP contribution < -0.4 is 21.2 Å². The number of aliphatic hydroxyl groups excluding tert-OH is 1. The number of hydrogen-bond donors (Lipinski definition) is 2. The van der Waals surface area contributed by atoms with E-state index in [0.717, 1.165) is 15.9 Å². The molecule has 1 amide bonds. The highest BCUT2D eigenvalue weighted by molar-refractivity contribution is 8.93. The van der Waals surface area contributed by atoms with Crippen molar-refractivity contribution in [3.63, 3.8) is 0 Å². The van der Waals surface area contributed by atoms with Crippen LogP contribution in [-0.2, 0) is 14.3 Å². The number of carbonyl (C=O) groups is 2. The van der Waals surface area contributed by atoms with Crippen molar-refractivity contribution in [1.82, 2.24) is 5.32 Å². The predicted octanol–water partition coefficient (Wildman–Crippen LogP) is 5.42. The summed E-state index contributed by atoms with van der Waals surface area (Å²) in [6.07, 6.45) is -0.819. The predicted molar refractivity (Wildman–Crippen MR) is 181 cm³/mol. The first-order valence-corrected chi connectivity index (χ1v) is 16.3. The molecule has 0 radical (unpaired) electrons. The molecule has 230 valence electrons. The minimum absolute atomic E-state index is 0. The molecule has 0 aliphatic heterocycles. The number of amides is 1. The molecule has 0 aliphatic carbocycles. The van der Waals surface area contributed by atoms with Crippen molar-refractivity contribution in [2.24, 2.45) is 0 Å². The molecule has 2 N–H and O–H groups in total. The van der Waals surface area contributed by atoms with Gasteiger partial charge in [0, 0.05) is 12.1 Å². The number of hydrogen-bond acceptors (Lipinski definition) is 6. The van der Waals surface area contributed by atoms with E-state index in [-0.39, 0.29) is 41.3 Å². The second-order valence-corrected chi connectivity index (χ2v) is 14.4. The third kappa shape index (κ3) is 8.65. The molecule has 0 bridgehead atoms. The average molecular weight is 721 g/mol. The zero-order valence-electron chi connectivity index (χ0n) is 23.4. The summed E-state index contributed by atoms with van der Waals surface area (Å²) >= 11 is 11.4. The maximum Gasteiger partial charge on any atom is 0.309 e. The van der Waals surface area contributed by atoms with E-state index in [1.165, 1.54) is 24.3 Å². The number of nitro groups is 1. The van der Waals surface area contributed by atoms with Crippen molar-refractivity contribution < 1.29 is 24.4 Å². The second-order valence-electron chi connectivity index (χ2n) is 9.68. The van der Waals surface area contributed by atoms with Crippen LogP contribution in [0.1, 0.15) is 18.1 Å². The quantitative estimate of drug-likeness (QED) is 0.0626. The van der Waals surface area contributed by atoms with Crippen molar-refractivity contribution >= 4 is 80.9 Å². The van der Waals surface area contributed by atoms with Crippen molar-refractivity contribution in [1.29, 1.82) is 0 Å². The molecule has 0 aliphatic rings. The minimum Gasteiger partial charge on any atom is -0.463 e. The van der Waals surface area contributed by atoms with Gasteiger partial charge in [0.05, 0.1) is 23.5 Å². The topological polar surface area (TPSA) is 119 Å². The molecule has 0 spiro atoms. The van der Waals surface area contributed by atoms with Crippen molar-refractivity contribution in [2.75, 3.05) is 12.8 Å². The lowest BCUT2D eigenvalue weighted by atomic mass is 10.0. The number of carbonyl (C=O) groups excluding carboxylic acids is 2. The third-order valence-electron chi connectivity index (χ3n) is 7.02. The Bertz CT molecular complexity index is 1420. The highest BCUT2D eigenvalue weighted by Crippen LogP contribution is 2.55. The van der Waals surface area contributed by atoms with E-state index >= 15 is 0 Å². The first-order valence-electron chi connectivity index (χ1n) is 13.4. The summed E-state index contributed by atoms with van der Waals surface area (Å²) in [5.41, 5.74) is 0.112. The van der Waals surface area contributed by atoms with Crippen LogP contribution in [0.15, 0.2) is 115 Å². The summed E-state index contributed by atoms with van der Waals surface area (Å²) in [5.74, 6) is -1.30. The Labute approximate surface area is 276 Å². The number of nitro benzene ring substituents is 1. The standard InChI is InChI=1S/C32H29Cl2N2O6P.BrH/c33-31(34)32(39)35-28(30(38)23-16-18-24(19-17-23)36(40)41)22-42-29(37)20-21-43(25-10-4-1-5-11-25,26-12-6-2-7-13-26)27-14-8-3-9-15-27;/h1-19,28,30-31,38H,20-22H2;1H/p+1/t28-,30+;/m0./s1. The number of esters is 1. The summed E-state index contributed by atoms with van der Waals surface area (Å²) in [6, 6.07) is 34.4. The molecule has 4 aromatic carbocycles. The molecule has 0 fully saturated rings. The number of nitrogens with one attached hydrogen (secondary N) is 1. The molecule has 4 rings (SSSR count). The largest absolute Gasteiger partial charge is 0.463 e. The lowest BCUT2D eigenvalue weighted by Crippen LogP contribution is -2.45. The fraction of sp³-hybridized carbons (Fsp3) is 0.188. The highest BCUT2D eigenvalue weighted by Gasteiger charge is 2.45. The number of rotatable bonds is 13. The van der Waals surface area contributed by atoms with Gasteiger partial charge in [-0.15, -0.1) is 17.0 Å². The number of nitrogens with zero attached hydrogens (tertiary/aromatic N) is 1. The van der Waals surface area contributed by atoms with E-state index in [1.54, 1.807) is 0 Å². The maximum atomic E-state index is 13.3. The maximum absolute atomic E-state index is 13.3. The van der Waals surface area contributed by atoms with Gasteiger partial charge in [0.15, 0.2) is 4.84 Å². The smallest absolute Gasteiger partial charge is 0.309 e. The molecule has 0 heterocycles. The Hall–Kier alpha value is -3.33. The number of non-ortho nitro benzene ring substituents is 1. The molecular weight excluding hydrogens is 690 g/mol. The van der Waals surface area contributed by atoms with Crippen LogP contribution in [0.4, 0.5) is 5.69 Å². The van der Waals surface area contributed by atoms with E-state index < -0.39 is 41.0 Å². The summed E-state index contributed by atoms with van der Waals surface area (Å²) in [6.45, 7) is -0.378. The number of halogens is 3. The highest BCUT2D eigenvalue weighted by atomic mass is 79.9. The van der Waals surface area contributed by atoms with E-state index in [2.05, 4.69) is 41.7 Å². The second kappa shape index (κ2) is 16.7. The van der Waals surface area contributed by atoms with Crippen LogP contribution in [0.2, 0.25) is 0 Å². The van der Waals surface area contributed by atoms with Gasteiger partial charge in [-0.05, 0) is 54.1 Å². The summed E-state index contributed by atoms with van der Waals surface area (Å²) in [7, 11) is -2.28. The van der Waals surface area contributed by atoms with Crippen LogP contribution >= 0.6 is 47.4 Å². The first-order chi connectivity index (χ1) is 20.7. The Morgan fingerprint density at radius 1 is 0.818 bits per heavy atom. The van der Waals surface area contributed by atoms with Crippen LogP contribution in [0.3, 0.4) is 0 Å².